The van der Waals surface area contributed by atoms with Crippen molar-refractivity contribution in [2.75, 3.05) is 5.32 Å². The number of nitriles is 1. The molecule has 1 amide bonds. The highest BCUT2D eigenvalue weighted by atomic mass is 32.1. The number of benzene rings is 2. The molecule has 2 aromatic heterocycles. The van der Waals surface area contributed by atoms with Crippen LogP contribution in [-0.2, 0) is 6.42 Å². The van der Waals surface area contributed by atoms with E-state index in [1.165, 1.54) is 11.3 Å². The Morgan fingerprint density at radius 1 is 1.04 bits per heavy atom. The maximum atomic E-state index is 12.5. The molecule has 0 atom stereocenters. The number of nitrogens with one attached hydrogen (secondary N) is 1. The van der Waals surface area contributed by atoms with E-state index in [0.29, 0.717) is 22.7 Å². The van der Waals surface area contributed by atoms with E-state index in [1.807, 2.05) is 66.0 Å². The van der Waals surface area contributed by atoms with Crippen molar-refractivity contribution in [2.24, 2.45) is 0 Å². The van der Waals surface area contributed by atoms with Crippen molar-refractivity contribution in [1.82, 2.24) is 4.98 Å². The smallest absolute Gasteiger partial charge is 0.266 e. The summed E-state index contributed by atoms with van der Waals surface area (Å²) in [5.74, 6) is 0.0514. The van der Waals surface area contributed by atoms with Crippen molar-refractivity contribution in [3.8, 4) is 6.07 Å². The SMILES string of the molecule is N#Cc1c(NC(=O)c2cccs2)nc2ccccc2c1Cc1ccccc1. The van der Waals surface area contributed by atoms with Crippen molar-refractivity contribution < 1.29 is 4.79 Å². The van der Waals surface area contributed by atoms with Crippen LogP contribution >= 0.6 is 11.3 Å². The molecule has 0 unspecified atom stereocenters. The van der Waals surface area contributed by atoms with Gasteiger partial charge >= 0.3 is 0 Å². The molecule has 0 fully saturated rings. The number of para-hydroxylation sites is 1. The number of fused-ring (bicyclic) bond motifs is 1. The zero-order chi connectivity index (χ0) is 18.6. The van der Waals surface area contributed by atoms with Gasteiger partial charge in [-0.1, -0.05) is 54.6 Å². The highest BCUT2D eigenvalue weighted by Gasteiger charge is 2.18. The van der Waals surface area contributed by atoms with E-state index >= 15 is 0 Å². The van der Waals surface area contributed by atoms with Crippen LogP contribution in [0.5, 0.6) is 0 Å². The van der Waals surface area contributed by atoms with Gasteiger partial charge < -0.3 is 5.32 Å². The summed E-state index contributed by atoms with van der Waals surface area (Å²) in [6, 6.07) is 23.5. The largest absolute Gasteiger partial charge is 0.305 e. The first kappa shape index (κ1) is 17.0. The Kier molecular flexibility index (Phi) is 4.65. The minimum Gasteiger partial charge on any atom is -0.305 e. The molecule has 0 saturated heterocycles. The summed E-state index contributed by atoms with van der Waals surface area (Å²) in [4.78, 5) is 17.6. The monoisotopic (exact) mass is 369 g/mol. The average Bonchev–Trinajstić information content (AvgIpc) is 3.24. The van der Waals surface area contributed by atoms with Gasteiger partial charge in [0.05, 0.1) is 16.0 Å². The molecular weight excluding hydrogens is 354 g/mol. The van der Waals surface area contributed by atoms with Crippen LogP contribution in [0, 0.1) is 11.3 Å². The van der Waals surface area contributed by atoms with E-state index in [1.54, 1.807) is 6.07 Å². The maximum Gasteiger partial charge on any atom is 0.266 e. The molecule has 27 heavy (non-hydrogen) atoms. The molecule has 0 aliphatic carbocycles. The Labute approximate surface area is 160 Å². The molecular formula is C22H15N3OS. The predicted octanol–water partition coefficient (Wildman–Crippen LogP) is 5.01. The first-order chi connectivity index (χ1) is 13.3. The van der Waals surface area contributed by atoms with Crippen LogP contribution in [0.4, 0.5) is 5.82 Å². The minimum absolute atomic E-state index is 0.255. The molecule has 5 heteroatoms. The Hall–Kier alpha value is -3.49. The molecule has 2 heterocycles. The van der Waals surface area contributed by atoms with Crippen LogP contribution < -0.4 is 5.32 Å². The van der Waals surface area contributed by atoms with Crippen LogP contribution in [0.15, 0.2) is 72.1 Å². The average molecular weight is 369 g/mol. The number of carbonyl (C=O) groups is 1. The summed E-state index contributed by atoms with van der Waals surface area (Å²) < 4.78 is 0. The van der Waals surface area contributed by atoms with Gasteiger partial charge in [-0.25, -0.2) is 4.98 Å². The molecule has 4 nitrogen and oxygen atoms in total. The lowest BCUT2D eigenvalue weighted by molar-refractivity contribution is 0.103. The number of hydrogen-bond donors (Lipinski definition) is 1. The zero-order valence-electron chi connectivity index (χ0n) is 14.3. The topological polar surface area (TPSA) is 65.8 Å². The number of pyridine rings is 1. The fourth-order valence-electron chi connectivity index (χ4n) is 3.05. The molecule has 0 aliphatic heterocycles. The van der Waals surface area contributed by atoms with Crippen molar-refractivity contribution >= 4 is 34.0 Å². The third kappa shape index (κ3) is 3.43. The standard InChI is InChI=1S/C22H15N3OS/c23-14-18-17(13-15-7-2-1-3-8-15)16-9-4-5-10-19(16)24-21(18)25-22(26)20-11-6-12-27-20/h1-12H,13H2,(H,24,25,26). The number of anilines is 1. The summed E-state index contributed by atoms with van der Waals surface area (Å²) in [5.41, 5.74) is 3.13. The molecule has 4 rings (SSSR count). The van der Waals surface area contributed by atoms with Gasteiger partial charge in [0.15, 0.2) is 5.82 Å². The number of aromatic nitrogens is 1. The van der Waals surface area contributed by atoms with Gasteiger partial charge in [0, 0.05) is 5.39 Å². The van der Waals surface area contributed by atoms with Gasteiger partial charge in [0.2, 0.25) is 0 Å². The lowest BCUT2D eigenvalue weighted by Crippen LogP contribution is -2.14. The molecule has 1 N–H and O–H groups in total. The second kappa shape index (κ2) is 7.40. The highest BCUT2D eigenvalue weighted by Crippen LogP contribution is 2.29. The third-order valence-electron chi connectivity index (χ3n) is 4.31. The van der Waals surface area contributed by atoms with E-state index in [0.717, 1.165) is 22.0 Å². The number of amides is 1. The summed E-state index contributed by atoms with van der Waals surface area (Å²) in [5, 5.41) is 15.4. The number of thiophene rings is 1. The predicted molar refractivity (Wildman–Crippen MR) is 108 cm³/mol. The van der Waals surface area contributed by atoms with Crippen LogP contribution in [0.25, 0.3) is 10.9 Å². The normalized spacial score (nSPS) is 10.5. The Balaban J connectivity index is 1.84. The van der Waals surface area contributed by atoms with E-state index < -0.39 is 0 Å². The number of nitrogens with zero attached hydrogens (tertiary/aromatic N) is 2. The number of hydrogen-bond acceptors (Lipinski definition) is 4. The molecule has 4 aromatic rings. The Bertz CT molecular complexity index is 1150. The quantitative estimate of drug-likeness (QED) is 0.550. The van der Waals surface area contributed by atoms with E-state index in [-0.39, 0.29) is 5.91 Å². The van der Waals surface area contributed by atoms with Gasteiger partial charge in [-0.05, 0) is 35.1 Å². The van der Waals surface area contributed by atoms with Gasteiger partial charge in [0.25, 0.3) is 5.91 Å². The van der Waals surface area contributed by atoms with Crippen LogP contribution in [0.2, 0.25) is 0 Å². The van der Waals surface area contributed by atoms with Crippen molar-refractivity contribution in [3.63, 3.8) is 0 Å². The van der Waals surface area contributed by atoms with Gasteiger partial charge in [0.1, 0.15) is 6.07 Å². The third-order valence-corrected chi connectivity index (χ3v) is 5.18. The lowest BCUT2D eigenvalue weighted by Gasteiger charge is -2.13. The highest BCUT2D eigenvalue weighted by molar-refractivity contribution is 7.12. The van der Waals surface area contributed by atoms with E-state index in [2.05, 4.69) is 16.4 Å². The summed E-state index contributed by atoms with van der Waals surface area (Å²) in [6.45, 7) is 0. The van der Waals surface area contributed by atoms with Crippen molar-refractivity contribution in [2.45, 2.75) is 6.42 Å². The molecule has 0 bridgehead atoms. The first-order valence-corrected chi connectivity index (χ1v) is 9.34. The molecule has 0 spiro atoms. The van der Waals surface area contributed by atoms with Gasteiger partial charge in [-0.15, -0.1) is 11.3 Å². The van der Waals surface area contributed by atoms with Crippen LogP contribution in [-0.4, -0.2) is 10.9 Å². The Morgan fingerprint density at radius 2 is 1.81 bits per heavy atom. The summed E-state index contributed by atoms with van der Waals surface area (Å²) in [6.07, 6.45) is 0.592. The van der Waals surface area contributed by atoms with E-state index in [9.17, 15) is 10.1 Å². The zero-order valence-corrected chi connectivity index (χ0v) is 15.2. The second-order valence-corrected chi connectivity index (χ2v) is 6.98. The lowest BCUT2D eigenvalue weighted by atomic mass is 9.96. The number of carbonyl (C=O) groups excluding carboxylic acids is 1. The molecule has 0 radical (unpaired) electrons. The fourth-order valence-corrected chi connectivity index (χ4v) is 3.67. The van der Waals surface area contributed by atoms with Gasteiger partial charge in [-0.2, -0.15) is 5.26 Å². The molecule has 130 valence electrons. The minimum atomic E-state index is -0.255. The van der Waals surface area contributed by atoms with Crippen molar-refractivity contribution in [1.29, 1.82) is 5.26 Å². The fraction of sp³-hybridized carbons (Fsp3) is 0.0455. The van der Waals surface area contributed by atoms with Crippen LogP contribution in [0.1, 0.15) is 26.4 Å². The maximum absolute atomic E-state index is 12.5. The molecule has 0 saturated carbocycles. The first-order valence-electron chi connectivity index (χ1n) is 8.47. The van der Waals surface area contributed by atoms with Crippen LogP contribution in [0.3, 0.4) is 0 Å². The molecule has 0 aliphatic rings. The number of rotatable bonds is 4. The second-order valence-electron chi connectivity index (χ2n) is 6.04. The summed E-state index contributed by atoms with van der Waals surface area (Å²) >= 11 is 1.35. The molecule has 2 aromatic carbocycles. The van der Waals surface area contributed by atoms with E-state index in [4.69, 9.17) is 0 Å². The summed E-state index contributed by atoms with van der Waals surface area (Å²) in [7, 11) is 0. The Morgan fingerprint density at radius 3 is 2.56 bits per heavy atom. The van der Waals surface area contributed by atoms with Gasteiger partial charge in [-0.3, -0.25) is 4.79 Å². The van der Waals surface area contributed by atoms with Crippen molar-refractivity contribution in [3.05, 3.63) is 93.7 Å².